The fourth-order valence-corrected chi connectivity index (χ4v) is 9.94. The van der Waals surface area contributed by atoms with Crippen LogP contribution in [0.2, 0.25) is 0 Å². The van der Waals surface area contributed by atoms with Crippen LogP contribution in [0.3, 0.4) is 0 Å². The van der Waals surface area contributed by atoms with Crippen LogP contribution >= 0.6 is 27.7 Å². The van der Waals surface area contributed by atoms with Gasteiger partial charge in [-0.1, -0.05) is 13.8 Å². The SMILES string of the molecule is Br.CCCS(=O)(=O)Cl.CCCS(=O)(=O)N1CCC(C2=CB(O)Oc3cnc4[nH]ccc4c32)CC1.OB1C=C(C2CCNCC2)c2c(cnc3[nH]ccc23)O1. The lowest BCUT2D eigenvalue weighted by molar-refractivity contribution is 0.310. The minimum Gasteiger partial charge on any atom is -0.531 e. The normalized spacial score (nSPS) is 18.1. The number of nitrogens with one attached hydrogen (secondary N) is 3. The second kappa shape index (κ2) is 18.4. The zero-order valence-corrected chi connectivity index (χ0v) is 34.3. The lowest BCUT2D eigenvalue weighted by Crippen LogP contribution is -2.40. The molecule has 0 bridgehead atoms. The van der Waals surface area contributed by atoms with Crippen LogP contribution in [0.1, 0.15) is 63.5 Å². The van der Waals surface area contributed by atoms with Crippen LogP contribution in [0.15, 0.2) is 48.9 Å². The van der Waals surface area contributed by atoms with Crippen molar-refractivity contribution < 1.29 is 36.2 Å². The number of sulfonamides is 1. The highest BCUT2D eigenvalue weighted by Crippen LogP contribution is 2.43. The van der Waals surface area contributed by atoms with Gasteiger partial charge in [-0.25, -0.2) is 31.1 Å². The van der Waals surface area contributed by atoms with Gasteiger partial charge >= 0.3 is 14.2 Å². The molecule has 0 amide bonds. The van der Waals surface area contributed by atoms with E-state index in [1.807, 2.05) is 37.4 Å². The Morgan fingerprint density at radius 3 is 1.69 bits per heavy atom. The largest absolute Gasteiger partial charge is 0.552 e. The molecule has 5 N–H and O–H groups in total. The third kappa shape index (κ3) is 9.90. The summed E-state index contributed by atoms with van der Waals surface area (Å²) in [7, 11) is -3.43. The predicted molar refractivity (Wildman–Crippen MR) is 220 cm³/mol. The molecule has 0 aliphatic carbocycles. The standard InChI is InChI=1S/C17H22BN3O4S.C14H16BN3O2.C3H7ClO2S.BrH/c1-2-9-26(23,24)21-7-4-12(5-8-21)14-10-18(22)25-15-11-20-17-13(16(14)15)3-6-19-17;19-15-7-11(9-1-4-16-5-2-9)13-10-3-6-17-14(10)18-8-12(13)20-15;1-2-3-7(4,5)6;/h3,6,10-12,22H,2,4-5,7-9H2,1H3,(H,19,20);3,6-9,16,19H,1-2,4-5H2,(H,17,18);2-3H2,1H3;1H. The molecule has 8 rings (SSSR count). The van der Waals surface area contributed by atoms with Crippen molar-refractivity contribution >= 4 is 94.2 Å². The average molecular weight is 868 g/mol. The molecule has 14 nitrogen and oxygen atoms in total. The molecule has 4 aliphatic heterocycles. The van der Waals surface area contributed by atoms with E-state index < -0.39 is 33.3 Å². The monoisotopic (exact) mass is 866 g/mol. The van der Waals surface area contributed by atoms with Crippen molar-refractivity contribution in [3.05, 3.63) is 60.0 Å². The maximum Gasteiger partial charge on any atom is 0.552 e. The quantitative estimate of drug-likeness (QED) is 0.127. The molecule has 4 aromatic rings. The van der Waals surface area contributed by atoms with Crippen LogP contribution < -0.4 is 14.6 Å². The molecular formula is C34H46B2BrClN6O8S2. The number of nitrogens with zero attached hydrogens (tertiary/aromatic N) is 3. The van der Waals surface area contributed by atoms with Crippen LogP contribution in [-0.4, -0.2) is 103 Å². The van der Waals surface area contributed by atoms with Crippen molar-refractivity contribution in [3.63, 3.8) is 0 Å². The summed E-state index contributed by atoms with van der Waals surface area (Å²) in [5.74, 6) is 5.78. The summed E-state index contributed by atoms with van der Waals surface area (Å²) in [6.45, 7) is 6.72. The van der Waals surface area contributed by atoms with Crippen LogP contribution in [0.5, 0.6) is 11.5 Å². The zero-order valence-electron chi connectivity index (χ0n) is 30.2. The van der Waals surface area contributed by atoms with Gasteiger partial charge in [0.2, 0.25) is 19.1 Å². The molecule has 4 aliphatic rings. The number of rotatable bonds is 7. The molecule has 0 radical (unpaired) electrons. The predicted octanol–water partition coefficient (Wildman–Crippen LogP) is 4.71. The summed E-state index contributed by atoms with van der Waals surface area (Å²) in [5, 5.41) is 25.4. The van der Waals surface area contributed by atoms with E-state index in [0.29, 0.717) is 43.3 Å². The molecular weight excluding hydrogens is 822 g/mol. The van der Waals surface area contributed by atoms with Gasteiger partial charge in [0.25, 0.3) is 0 Å². The molecule has 0 aromatic carbocycles. The first-order valence-corrected chi connectivity index (χ1v) is 22.1. The van der Waals surface area contributed by atoms with E-state index in [2.05, 4.69) is 25.3 Å². The second-order valence-electron chi connectivity index (χ2n) is 13.5. The number of aromatic amines is 2. The Labute approximate surface area is 331 Å². The van der Waals surface area contributed by atoms with E-state index in [4.69, 9.17) is 20.0 Å². The summed E-state index contributed by atoms with van der Waals surface area (Å²) in [6.07, 6.45) is 11.9. The van der Waals surface area contributed by atoms with Gasteiger partial charge in [0, 0.05) is 58.1 Å². The molecule has 2 fully saturated rings. The molecule has 0 atom stereocenters. The van der Waals surface area contributed by atoms with Gasteiger partial charge in [-0.3, -0.25) is 0 Å². The first-order chi connectivity index (χ1) is 25.4. The van der Waals surface area contributed by atoms with Crippen molar-refractivity contribution in [2.45, 2.75) is 52.4 Å². The van der Waals surface area contributed by atoms with Gasteiger partial charge in [0.05, 0.1) is 23.9 Å². The molecule has 0 saturated carbocycles. The Morgan fingerprint density at radius 2 is 1.26 bits per heavy atom. The average Bonchev–Trinajstić information content (AvgIpc) is 3.82. The number of pyridine rings is 2. The lowest BCUT2D eigenvalue weighted by atomic mass is 9.74. The zero-order chi connectivity index (χ0) is 37.8. The van der Waals surface area contributed by atoms with E-state index in [9.17, 15) is 26.9 Å². The van der Waals surface area contributed by atoms with Crippen LogP contribution in [0, 0.1) is 11.8 Å². The number of hydrogen-bond acceptors (Lipinski definition) is 11. The van der Waals surface area contributed by atoms with E-state index in [1.54, 1.807) is 29.6 Å². The minimum absolute atomic E-state index is 0. The highest BCUT2D eigenvalue weighted by Gasteiger charge is 2.35. The van der Waals surface area contributed by atoms with Gasteiger partial charge in [0.15, 0.2) is 0 Å². The van der Waals surface area contributed by atoms with Crippen LogP contribution in [0.25, 0.3) is 33.2 Å². The highest BCUT2D eigenvalue weighted by atomic mass is 79.9. The van der Waals surface area contributed by atoms with Gasteiger partial charge in [-0.05, 0) is 98.7 Å². The highest BCUT2D eigenvalue weighted by molar-refractivity contribution is 8.93. The molecule has 0 spiro atoms. The Morgan fingerprint density at radius 1 is 0.796 bits per heavy atom. The first-order valence-electron chi connectivity index (χ1n) is 18.0. The second-order valence-corrected chi connectivity index (χ2v) is 18.5. The molecule has 2 saturated heterocycles. The fourth-order valence-electron chi connectivity index (χ4n) is 7.44. The van der Waals surface area contributed by atoms with Crippen molar-refractivity contribution in [3.8, 4) is 11.5 Å². The minimum atomic E-state index is -3.20. The van der Waals surface area contributed by atoms with Gasteiger partial charge in [-0.2, -0.15) is 0 Å². The third-order valence-corrected chi connectivity index (χ3v) is 13.2. The number of piperidine rings is 2. The first kappa shape index (κ1) is 42.2. The maximum absolute atomic E-state index is 12.3. The molecule has 292 valence electrons. The third-order valence-electron chi connectivity index (χ3n) is 9.80. The number of fused-ring (bicyclic) bond motifs is 6. The van der Waals surface area contributed by atoms with Gasteiger partial charge < -0.3 is 34.6 Å². The van der Waals surface area contributed by atoms with Crippen molar-refractivity contribution in [2.24, 2.45) is 11.8 Å². The Balaban J connectivity index is 0.000000178. The lowest BCUT2D eigenvalue weighted by Gasteiger charge is -2.34. The van der Waals surface area contributed by atoms with E-state index in [1.165, 1.54) is 5.57 Å². The smallest absolute Gasteiger partial charge is 0.531 e. The van der Waals surface area contributed by atoms with Crippen molar-refractivity contribution in [1.29, 1.82) is 0 Å². The van der Waals surface area contributed by atoms with E-state index >= 15 is 0 Å². The number of aromatic nitrogens is 4. The van der Waals surface area contributed by atoms with Crippen LogP contribution in [-0.2, 0) is 19.1 Å². The maximum atomic E-state index is 12.3. The van der Waals surface area contributed by atoms with Gasteiger partial charge in [0.1, 0.15) is 22.8 Å². The summed E-state index contributed by atoms with van der Waals surface area (Å²) in [6, 6.07) is 3.98. The van der Waals surface area contributed by atoms with Crippen LogP contribution in [0.4, 0.5) is 0 Å². The van der Waals surface area contributed by atoms with Gasteiger partial charge in [-0.15, -0.1) is 17.0 Å². The number of halogens is 2. The van der Waals surface area contributed by atoms with Crippen molar-refractivity contribution in [2.75, 3.05) is 37.7 Å². The summed E-state index contributed by atoms with van der Waals surface area (Å²) >= 11 is 0. The molecule has 54 heavy (non-hydrogen) atoms. The number of hydrogen-bond donors (Lipinski definition) is 5. The fraction of sp³-hybridized carbons (Fsp3) is 0.471. The summed E-state index contributed by atoms with van der Waals surface area (Å²) in [5.41, 5.74) is 5.91. The Kier molecular flexibility index (Phi) is 14.4. The summed E-state index contributed by atoms with van der Waals surface area (Å²) in [4.78, 5) is 14.9. The Hall–Kier alpha value is -2.90. The molecule has 20 heteroatoms. The molecule has 4 aromatic heterocycles. The van der Waals surface area contributed by atoms with E-state index in [0.717, 1.165) is 77.5 Å². The number of allylic oxidation sites excluding steroid dienone is 2. The Bertz CT molecular complexity index is 2190. The summed E-state index contributed by atoms with van der Waals surface area (Å²) < 4.78 is 57.2. The topological polar surface area (TPSA) is 200 Å². The molecule has 8 heterocycles. The van der Waals surface area contributed by atoms with Crippen molar-refractivity contribution in [1.82, 2.24) is 29.6 Å². The van der Waals surface area contributed by atoms with E-state index in [-0.39, 0.29) is 34.4 Å². The molecule has 0 unspecified atom stereocenters. The number of H-pyrrole nitrogens is 2.